The van der Waals surface area contributed by atoms with E-state index in [0.717, 1.165) is 16.9 Å². The molecule has 2 amide bonds. The summed E-state index contributed by atoms with van der Waals surface area (Å²) in [6.07, 6.45) is -0.310. The molecule has 6 nitrogen and oxygen atoms in total. The fraction of sp³-hybridized carbons (Fsp3) is 0.600. The first-order valence-corrected chi connectivity index (χ1v) is 9.09. The Morgan fingerprint density at radius 3 is 2.15 bits per heavy atom. The van der Waals surface area contributed by atoms with Crippen molar-refractivity contribution in [3.8, 4) is 5.75 Å². The van der Waals surface area contributed by atoms with Crippen molar-refractivity contribution in [2.45, 2.75) is 40.0 Å². The van der Waals surface area contributed by atoms with Gasteiger partial charge in [0.25, 0.3) is 5.91 Å². The first-order chi connectivity index (χ1) is 12.2. The summed E-state index contributed by atoms with van der Waals surface area (Å²) in [4.78, 5) is 28.3. The molecule has 1 fully saturated rings. The van der Waals surface area contributed by atoms with Crippen LogP contribution < -0.4 is 4.74 Å². The second kappa shape index (κ2) is 7.98. The number of carbonyl (C=O) groups is 2. The highest BCUT2D eigenvalue weighted by Gasteiger charge is 2.28. The summed E-state index contributed by atoms with van der Waals surface area (Å²) in [6.45, 7) is 12.4. The number of ether oxygens (including phenoxy) is 2. The molecule has 1 aromatic rings. The van der Waals surface area contributed by atoms with Crippen molar-refractivity contribution >= 4 is 12.0 Å². The van der Waals surface area contributed by atoms with Crippen molar-refractivity contribution in [3.63, 3.8) is 0 Å². The van der Waals surface area contributed by atoms with Gasteiger partial charge in [-0.25, -0.2) is 4.79 Å². The van der Waals surface area contributed by atoms with Crippen LogP contribution in [-0.2, 0) is 10.2 Å². The molecule has 0 aromatic heterocycles. The summed E-state index contributed by atoms with van der Waals surface area (Å²) < 4.78 is 10.5. The number of benzene rings is 1. The van der Waals surface area contributed by atoms with Gasteiger partial charge in [-0.05, 0) is 37.0 Å². The third kappa shape index (κ3) is 4.29. The Bertz CT molecular complexity index is 671. The van der Waals surface area contributed by atoms with E-state index in [2.05, 4.69) is 20.8 Å². The summed E-state index contributed by atoms with van der Waals surface area (Å²) >= 11 is 0. The maximum Gasteiger partial charge on any atom is 0.409 e. The van der Waals surface area contributed by atoms with E-state index < -0.39 is 0 Å². The number of carbonyl (C=O) groups excluding carboxylic acids is 2. The number of rotatable bonds is 3. The van der Waals surface area contributed by atoms with Crippen LogP contribution in [0.15, 0.2) is 12.1 Å². The van der Waals surface area contributed by atoms with Crippen molar-refractivity contribution in [1.29, 1.82) is 0 Å². The first kappa shape index (κ1) is 20.1. The van der Waals surface area contributed by atoms with Gasteiger partial charge in [0.2, 0.25) is 0 Å². The van der Waals surface area contributed by atoms with Crippen LogP contribution in [0.4, 0.5) is 4.79 Å². The minimum Gasteiger partial charge on any atom is -0.496 e. The van der Waals surface area contributed by atoms with E-state index in [0.29, 0.717) is 38.3 Å². The van der Waals surface area contributed by atoms with E-state index in [4.69, 9.17) is 9.47 Å². The highest BCUT2D eigenvalue weighted by atomic mass is 16.6. The molecule has 0 spiro atoms. The normalized spacial score (nSPS) is 15.0. The van der Waals surface area contributed by atoms with Gasteiger partial charge in [0, 0.05) is 37.3 Å². The Morgan fingerprint density at radius 1 is 1.08 bits per heavy atom. The first-order valence-electron chi connectivity index (χ1n) is 9.09. The largest absolute Gasteiger partial charge is 0.496 e. The van der Waals surface area contributed by atoms with Crippen molar-refractivity contribution in [2.75, 3.05) is 39.9 Å². The molecule has 0 N–H and O–H groups in total. The fourth-order valence-corrected chi connectivity index (χ4v) is 3.14. The average molecular weight is 362 g/mol. The molecule has 144 valence electrons. The molecule has 0 aliphatic carbocycles. The standard InChI is InChI=1S/C20H30N2O4/c1-7-26-19(24)22-10-8-21(9-11-22)18(23)15-13-16(20(3,4)5)17(25-6)12-14(15)2/h12-13H,7-11H2,1-6H3. The molecule has 1 heterocycles. The highest BCUT2D eigenvalue weighted by molar-refractivity contribution is 5.96. The number of aryl methyl sites for hydroxylation is 1. The molecule has 1 aliphatic heterocycles. The van der Waals surface area contributed by atoms with Crippen LogP contribution in [-0.4, -0.2) is 61.7 Å². The van der Waals surface area contributed by atoms with Crippen molar-refractivity contribution in [3.05, 3.63) is 28.8 Å². The summed E-state index contributed by atoms with van der Waals surface area (Å²) in [7, 11) is 1.65. The monoisotopic (exact) mass is 362 g/mol. The van der Waals surface area contributed by atoms with Crippen molar-refractivity contribution in [1.82, 2.24) is 9.80 Å². The molecule has 26 heavy (non-hydrogen) atoms. The molecular weight excluding hydrogens is 332 g/mol. The average Bonchev–Trinajstić information content (AvgIpc) is 2.60. The van der Waals surface area contributed by atoms with Gasteiger partial charge in [-0.15, -0.1) is 0 Å². The molecule has 6 heteroatoms. The van der Waals surface area contributed by atoms with Crippen LogP contribution in [0.3, 0.4) is 0 Å². The van der Waals surface area contributed by atoms with E-state index in [1.54, 1.807) is 23.8 Å². The Balaban J connectivity index is 2.19. The molecule has 0 atom stereocenters. The zero-order chi connectivity index (χ0) is 19.5. The predicted octanol–water partition coefficient (Wildman–Crippen LogP) is 3.22. The summed E-state index contributed by atoms with van der Waals surface area (Å²) in [5, 5.41) is 0. The van der Waals surface area contributed by atoms with Gasteiger partial charge in [0.1, 0.15) is 5.75 Å². The number of piperazine rings is 1. The van der Waals surface area contributed by atoms with Gasteiger partial charge in [0.15, 0.2) is 0 Å². The molecular formula is C20H30N2O4. The van der Waals surface area contributed by atoms with Crippen LogP contribution in [0.25, 0.3) is 0 Å². The lowest BCUT2D eigenvalue weighted by Crippen LogP contribution is -2.50. The quantitative estimate of drug-likeness (QED) is 0.828. The number of nitrogens with zero attached hydrogens (tertiary/aromatic N) is 2. The second-order valence-corrected chi connectivity index (χ2v) is 7.60. The molecule has 0 unspecified atom stereocenters. The molecule has 2 rings (SSSR count). The zero-order valence-electron chi connectivity index (χ0n) is 16.7. The van der Waals surface area contributed by atoms with E-state index >= 15 is 0 Å². The Kier molecular flexibility index (Phi) is 6.16. The van der Waals surface area contributed by atoms with Crippen LogP contribution in [0, 0.1) is 6.92 Å². The molecule has 0 radical (unpaired) electrons. The molecule has 1 aliphatic rings. The van der Waals surface area contributed by atoms with Crippen LogP contribution in [0.2, 0.25) is 0 Å². The van der Waals surface area contributed by atoms with Crippen LogP contribution in [0.5, 0.6) is 5.75 Å². The van der Waals surface area contributed by atoms with E-state index in [-0.39, 0.29) is 17.4 Å². The lowest BCUT2D eigenvalue weighted by molar-refractivity contribution is 0.0569. The third-order valence-electron chi connectivity index (χ3n) is 4.68. The fourth-order valence-electron chi connectivity index (χ4n) is 3.14. The van der Waals surface area contributed by atoms with Gasteiger partial charge < -0.3 is 19.3 Å². The van der Waals surface area contributed by atoms with Crippen molar-refractivity contribution < 1.29 is 19.1 Å². The molecule has 1 saturated heterocycles. The Labute approximate surface area is 156 Å². The zero-order valence-corrected chi connectivity index (χ0v) is 16.7. The van der Waals surface area contributed by atoms with Gasteiger partial charge >= 0.3 is 6.09 Å². The summed E-state index contributed by atoms with van der Waals surface area (Å²) in [5.74, 6) is 0.804. The van der Waals surface area contributed by atoms with Crippen LogP contribution >= 0.6 is 0 Å². The summed E-state index contributed by atoms with van der Waals surface area (Å²) in [5.41, 5.74) is 2.48. The lowest BCUT2D eigenvalue weighted by Gasteiger charge is -2.34. The third-order valence-corrected chi connectivity index (χ3v) is 4.68. The van der Waals surface area contributed by atoms with Crippen LogP contribution in [0.1, 0.15) is 49.2 Å². The molecule has 0 saturated carbocycles. The van der Waals surface area contributed by atoms with Gasteiger partial charge in [-0.2, -0.15) is 0 Å². The molecule has 0 bridgehead atoms. The van der Waals surface area contributed by atoms with Crippen molar-refractivity contribution in [2.24, 2.45) is 0 Å². The van der Waals surface area contributed by atoms with Gasteiger partial charge in [-0.3, -0.25) is 4.79 Å². The maximum absolute atomic E-state index is 13.1. The minimum atomic E-state index is -0.310. The summed E-state index contributed by atoms with van der Waals surface area (Å²) in [6, 6.07) is 3.89. The smallest absolute Gasteiger partial charge is 0.409 e. The topological polar surface area (TPSA) is 59.1 Å². The van der Waals surface area contributed by atoms with Gasteiger partial charge in [-0.1, -0.05) is 20.8 Å². The van der Waals surface area contributed by atoms with Gasteiger partial charge in [0.05, 0.1) is 13.7 Å². The van der Waals surface area contributed by atoms with E-state index in [1.807, 2.05) is 19.1 Å². The van der Waals surface area contributed by atoms with E-state index in [9.17, 15) is 9.59 Å². The highest BCUT2D eigenvalue weighted by Crippen LogP contribution is 2.34. The minimum absolute atomic E-state index is 0.000776. The Morgan fingerprint density at radius 2 is 1.65 bits per heavy atom. The molecule has 1 aromatic carbocycles. The number of hydrogen-bond donors (Lipinski definition) is 0. The Hall–Kier alpha value is -2.24. The number of hydrogen-bond acceptors (Lipinski definition) is 4. The maximum atomic E-state index is 13.1. The van der Waals surface area contributed by atoms with E-state index in [1.165, 1.54) is 0 Å². The second-order valence-electron chi connectivity index (χ2n) is 7.60. The number of amides is 2. The lowest BCUT2D eigenvalue weighted by atomic mass is 9.84. The predicted molar refractivity (Wildman–Crippen MR) is 101 cm³/mol. The number of methoxy groups -OCH3 is 1. The SMILES string of the molecule is CCOC(=O)N1CCN(C(=O)c2cc(C(C)(C)C)c(OC)cc2C)CC1.